The number of amides is 1. The Morgan fingerprint density at radius 1 is 1.25 bits per heavy atom. The van der Waals surface area contributed by atoms with E-state index < -0.39 is 0 Å². The molecule has 1 aromatic rings. The maximum Gasteiger partial charge on any atom is 0.220 e. The Kier molecular flexibility index (Phi) is 11.9. The monoisotopic (exact) mass is 502 g/mol. The second-order valence-electron chi connectivity index (χ2n) is 7.11. The Morgan fingerprint density at radius 2 is 1.96 bits per heavy atom. The number of carbonyl (C=O) groups is 1. The summed E-state index contributed by atoms with van der Waals surface area (Å²) in [5, 5.41) is 6.31. The molecule has 0 heterocycles. The number of hydrogen-bond acceptors (Lipinski definition) is 3. The first-order valence-corrected chi connectivity index (χ1v) is 10.0. The van der Waals surface area contributed by atoms with Crippen molar-refractivity contribution in [2.45, 2.75) is 45.6 Å². The van der Waals surface area contributed by atoms with Gasteiger partial charge in [0.1, 0.15) is 5.75 Å². The quantitative estimate of drug-likeness (QED) is 0.235. The highest BCUT2D eigenvalue weighted by molar-refractivity contribution is 14.0. The Labute approximate surface area is 186 Å². The molecule has 0 saturated heterocycles. The molecule has 1 aliphatic carbocycles. The summed E-state index contributed by atoms with van der Waals surface area (Å²) in [7, 11) is 3.69. The highest BCUT2D eigenvalue weighted by Crippen LogP contribution is 2.27. The van der Waals surface area contributed by atoms with Gasteiger partial charge in [0, 0.05) is 38.7 Å². The molecule has 28 heavy (non-hydrogen) atoms. The number of guanidine groups is 1. The topological polar surface area (TPSA) is 66.0 Å². The average molecular weight is 502 g/mol. The first kappa shape index (κ1) is 24.5. The number of benzene rings is 1. The summed E-state index contributed by atoms with van der Waals surface area (Å²) in [4.78, 5) is 18.7. The van der Waals surface area contributed by atoms with Crippen molar-refractivity contribution in [2.24, 2.45) is 10.9 Å². The molecule has 0 atom stereocenters. The molecule has 7 heteroatoms. The van der Waals surface area contributed by atoms with Crippen molar-refractivity contribution < 1.29 is 9.53 Å². The lowest BCUT2D eigenvalue weighted by atomic mass is 10.0. The fourth-order valence-corrected chi connectivity index (χ4v) is 3.54. The molecule has 0 spiro atoms. The van der Waals surface area contributed by atoms with Crippen LogP contribution in [0, 0.1) is 5.92 Å². The number of rotatable bonds is 9. The number of nitrogens with one attached hydrogen (secondary N) is 2. The van der Waals surface area contributed by atoms with Gasteiger partial charge in [-0.1, -0.05) is 31.0 Å². The van der Waals surface area contributed by atoms with Crippen molar-refractivity contribution in [1.82, 2.24) is 15.5 Å². The maximum absolute atomic E-state index is 12.0. The molecule has 1 aliphatic rings. The summed E-state index contributed by atoms with van der Waals surface area (Å²) in [5.41, 5.74) is 1.11. The van der Waals surface area contributed by atoms with E-state index in [1.54, 1.807) is 7.11 Å². The number of nitrogens with zero attached hydrogens (tertiary/aromatic N) is 2. The highest BCUT2D eigenvalue weighted by atomic mass is 127. The molecule has 1 fully saturated rings. The zero-order chi connectivity index (χ0) is 19.5. The molecular formula is C21H35IN4O2. The normalized spacial score (nSPS) is 14.3. The van der Waals surface area contributed by atoms with Crippen LogP contribution in [0.4, 0.5) is 0 Å². The van der Waals surface area contributed by atoms with E-state index in [2.05, 4.69) is 33.5 Å². The third-order valence-electron chi connectivity index (χ3n) is 4.94. The molecule has 0 aromatic heterocycles. The highest BCUT2D eigenvalue weighted by Gasteiger charge is 2.18. The van der Waals surface area contributed by atoms with Crippen LogP contribution in [0.2, 0.25) is 0 Å². The molecule has 0 unspecified atom stereocenters. The lowest BCUT2D eigenvalue weighted by molar-refractivity contribution is -0.121. The van der Waals surface area contributed by atoms with Gasteiger partial charge in [0.25, 0.3) is 0 Å². The SMILES string of the molecule is CCNC(=NCCNC(=O)CC1CCCC1)N(C)Cc1ccccc1OC.I. The third kappa shape index (κ3) is 8.24. The van der Waals surface area contributed by atoms with Gasteiger partial charge >= 0.3 is 0 Å². The fraction of sp³-hybridized carbons (Fsp3) is 0.619. The van der Waals surface area contributed by atoms with Crippen molar-refractivity contribution in [2.75, 3.05) is 33.8 Å². The summed E-state index contributed by atoms with van der Waals surface area (Å²) >= 11 is 0. The number of ether oxygens (including phenoxy) is 1. The number of aliphatic imine (C=N–C) groups is 1. The Hall–Kier alpha value is -1.51. The summed E-state index contributed by atoms with van der Waals surface area (Å²) in [6.45, 7) is 4.68. The molecule has 158 valence electrons. The maximum atomic E-state index is 12.0. The van der Waals surface area contributed by atoms with Crippen LogP contribution in [0.25, 0.3) is 0 Å². The fourth-order valence-electron chi connectivity index (χ4n) is 3.54. The second kappa shape index (κ2) is 13.6. The average Bonchev–Trinajstić information content (AvgIpc) is 3.17. The van der Waals surface area contributed by atoms with Gasteiger partial charge in [0.15, 0.2) is 5.96 Å². The Bertz CT molecular complexity index is 618. The lowest BCUT2D eigenvalue weighted by Crippen LogP contribution is -2.39. The van der Waals surface area contributed by atoms with Gasteiger partial charge in [0.2, 0.25) is 5.91 Å². The van der Waals surface area contributed by atoms with Gasteiger partial charge in [-0.2, -0.15) is 0 Å². The van der Waals surface area contributed by atoms with Gasteiger partial charge in [-0.3, -0.25) is 9.79 Å². The number of halogens is 1. The zero-order valence-corrected chi connectivity index (χ0v) is 19.7. The molecule has 0 bridgehead atoms. The van der Waals surface area contributed by atoms with Crippen LogP contribution in [0.1, 0.15) is 44.6 Å². The molecule has 1 saturated carbocycles. The molecule has 6 nitrogen and oxygen atoms in total. The van der Waals surface area contributed by atoms with Gasteiger partial charge in [0.05, 0.1) is 13.7 Å². The van der Waals surface area contributed by atoms with Gasteiger partial charge < -0.3 is 20.3 Å². The van der Waals surface area contributed by atoms with Crippen LogP contribution in [0.5, 0.6) is 5.75 Å². The van der Waals surface area contributed by atoms with E-state index in [4.69, 9.17) is 4.74 Å². The summed E-state index contributed by atoms with van der Waals surface area (Å²) < 4.78 is 5.43. The van der Waals surface area contributed by atoms with Crippen LogP contribution < -0.4 is 15.4 Å². The molecular weight excluding hydrogens is 467 g/mol. The number of hydrogen-bond donors (Lipinski definition) is 2. The van der Waals surface area contributed by atoms with Crippen LogP contribution >= 0.6 is 24.0 Å². The minimum Gasteiger partial charge on any atom is -0.496 e. The van der Waals surface area contributed by atoms with Crippen molar-refractivity contribution in [3.63, 3.8) is 0 Å². The van der Waals surface area contributed by atoms with Gasteiger partial charge in [-0.05, 0) is 31.7 Å². The van der Waals surface area contributed by atoms with E-state index in [-0.39, 0.29) is 29.9 Å². The predicted octanol–water partition coefficient (Wildman–Crippen LogP) is 3.41. The van der Waals surface area contributed by atoms with Crippen LogP contribution in [0.3, 0.4) is 0 Å². The smallest absolute Gasteiger partial charge is 0.220 e. The molecule has 0 aliphatic heterocycles. The van der Waals surface area contributed by atoms with E-state index in [1.165, 1.54) is 25.7 Å². The third-order valence-corrected chi connectivity index (χ3v) is 4.94. The molecule has 1 aromatic carbocycles. The summed E-state index contributed by atoms with van der Waals surface area (Å²) in [5.74, 6) is 2.44. The molecule has 0 radical (unpaired) electrons. The summed E-state index contributed by atoms with van der Waals surface area (Å²) in [6.07, 6.45) is 5.60. The standard InChI is InChI=1S/C21H34N4O2.HI/c1-4-22-21(25(2)16-18-11-7-8-12-19(18)27-3)24-14-13-23-20(26)15-17-9-5-6-10-17;/h7-8,11-12,17H,4-6,9-10,13-16H2,1-3H3,(H,22,24)(H,23,26);1H. The van der Waals surface area contributed by atoms with Crippen LogP contribution in [0.15, 0.2) is 29.3 Å². The van der Waals surface area contributed by atoms with Crippen LogP contribution in [-0.2, 0) is 11.3 Å². The van der Waals surface area contributed by atoms with E-state index >= 15 is 0 Å². The van der Waals surface area contributed by atoms with Crippen molar-refractivity contribution in [1.29, 1.82) is 0 Å². The van der Waals surface area contributed by atoms with Crippen molar-refractivity contribution in [3.8, 4) is 5.75 Å². The first-order valence-electron chi connectivity index (χ1n) is 10.0. The minimum atomic E-state index is 0. The largest absolute Gasteiger partial charge is 0.496 e. The zero-order valence-electron chi connectivity index (χ0n) is 17.4. The number of methoxy groups -OCH3 is 1. The van der Waals surface area contributed by atoms with Crippen molar-refractivity contribution in [3.05, 3.63) is 29.8 Å². The number of para-hydroxylation sites is 1. The van der Waals surface area contributed by atoms with E-state index in [0.717, 1.165) is 23.8 Å². The van der Waals surface area contributed by atoms with Gasteiger partial charge in [-0.15, -0.1) is 24.0 Å². The Morgan fingerprint density at radius 3 is 2.64 bits per heavy atom. The minimum absolute atomic E-state index is 0. The Balaban J connectivity index is 0.00000392. The van der Waals surface area contributed by atoms with Crippen LogP contribution in [-0.4, -0.2) is 50.6 Å². The van der Waals surface area contributed by atoms with E-state index in [1.807, 2.05) is 25.2 Å². The second-order valence-corrected chi connectivity index (χ2v) is 7.11. The van der Waals surface area contributed by atoms with E-state index in [9.17, 15) is 4.79 Å². The lowest BCUT2D eigenvalue weighted by Gasteiger charge is -2.23. The first-order chi connectivity index (χ1) is 13.1. The number of carbonyl (C=O) groups excluding carboxylic acids is 1. The summed E-state index contributed by atoms with van der Waals surface area (Å²) in [6, 6.07) is 8.00. The van der Waals surface area contributed by atoms with E-state index in [0.29, 0.717) is 32.0 Å². The molecule has 2 N–H and O–H groups in total. The van der Waals surface area contributed by atoms with Gasteiger partial charge in [-0.25, -0.2) is 0 Å². The molecule has 2 rings (SSSR count). The molecule has 1 amide bonds. The predicted molar refractivity (Wildman–Crippen MR) is 125 cm³/mol. The van der Waals surface area contributed by atoms with Crippen molar-refractivity contribution >= 4 is 35.8 Å².